The molecule has 1 nitrogen and oxygen atoms in total. The molecule has 0 bridgehead atoms. The number of halogens is 3. The van der Waals surface area contributed by atoms with Crippen molar-refractivity contribution in [1.29, 1.82) is 0 Å². The lowest BCUT2D eigenvalue weighted by Gasteiger charge is -2.18. The van der Waals surface area contributed by atoms with E-state index in [1.807, 2.05) is 18.4 Å². The first-order valence-corrected chi connectivity index (χ1v) is 8.22. The Labute approximate surface area is 130 Å². The monoisotopic (exact) mass is 359 g/mol. The van der Waals surface area contributed by atoms with Crippen molar-refractivity contribution in [2.24, 2.45) is 0 Å². The molecule has 20 heavy (non-hydrogen) atoms. The average Bonchev–Trinajstić information content (AvgIpc) is 2.92. The molecule has 108 valence electrons. The van der Waals surface area contributed by atoms with Crippen LogP contribution in [0.2, 0.25) is 0 Å². The molecule has 0 spiro atoms. The zero-order chi connectivity index (χ0) is 14.5. The Hall–Kier alpha value is -0.780. The highest BCUT2D eigenvalue weighted by molar-refractivity contribution is 9.10. The number of thiophene rings is 1. The minimum atomic E-state index is -0.502. The molecular formula is C15H16BrF2NS. The van der Waals surface area contributed by atoms with E-state index in [2.05, 4.69) is 26.6 Å². The molecule has 0 amide bonds. The molecule has 1 aromatic carbocycles. The molecule has 1 N–H and O–H groups in total. The van der Waals surface area contributed by atoms with Crippen LogP contribution in [0.25, 0.3) is 0 Å². The van der Waals surface area contributed by atoms with Crippen molar-refractivity contribution in [3.8, 4) is 0 Å². The molecule has 1 unspecified atom stereocenters. The Morgan fingerprint density at radius 2 is 2.05 bits per heavy atom. The van der Waals surface area contributed by atoms with Crippen molar-refractivity contribution in [3.63, 3.8) is 0 Å². The first kappa shape index (κ1) is 15.6. The Morgan fingerprint density at radius 3 is 2.70 bits per heavy atom. The summed E-state index contributed by atoms with van der Waals surface area (Å²) in [6, 6.07) is 4.77. The van der Waals surface area contributed by atoms with Gasteiger partial charge in [0.2, 0.25) is 0 Å². The molecule has 1 heterocycles. The topological polar surface area (TPSA) is 12.0 Å². The normalized spacial score (nSPS) is 12.6. The molecule has 5 heteroatoms. The van der Waals surface area contributed by atoms with Crippen LogP contribution in [0.4, 0.5) is 8.78 Å². The van der Waals surface area contributed by atoms with Crippen molar-refractivity contribution in [2.45, 2.75) is 25.8 Å². The highest BCUT2D eigenvalue weighted by Crippen LogP contribution is 2.23. The number of rotatable bonds is 6. The summed E-state index contributed by atoms with van der Waals surface area (Å²) < 4.78 is 28.2. The summed E-state index contributed by atoms with van der Waals surface area (Å²) in [5, 5.41) is 7.38. The lowest BCUT2D eigenvalue weighted by Crippen LogP contribution is -2.33. The van der Waals surface area contributed by atoms with Crippen LogP contribution in [0, 0.1) is 11.6 Å². The summed E-state index contributed by atoms with van der Waals surface area (Å²) in [7, 11) is 0. The summed E-state index contributed by atoms with van der Waals surface area (Å²) in [5.74, 6) is -0.989. The van der Waals surface area contributed by atoms with E-state index in [0.29, 0.717) is 10.9 Å². The summed E-state index contributed by atoms with van der Waals surface area (Å²) in [5.41, 5.74) is 1.33. The van der Waals surface area contributed by atoms with Crippen LogP contribution < -0.4 is 5.32 Å². The van der Waals surface area contributed by atoms with Crippen LogP contribution in [0.5, 0.6) is 0 Å². The van der Waals surface area contributed by atoms with E-state index in [4.69, 9.17) is 0 Å². The van der Waals surface area contributed by atoms with Gasteiger partial charge in [0.25, 0.3) is 0 Å². The van der Waals surface area contributed by atoms with Gasteiger partial charge < -0.3 is 5.32 Å². The van der Waals surface area contributed by atoms with Gasteiger partial charge in [0.05, 0.1) is 4.47 Å². The molecule has 0 saturated heterocycles. The molecule has 1 aromatic heterocycles. The predicted molar refractivity (Wildman–Crippen MR) is 83.2 cm³/mol. The van der Waals surface area contributed by atoms with Gasteiger partial charge in [-0.05, 0) is 69.8 Å². The van der Waals surface area contributed by atoms with Crippen LogP contribution >= 0.6 is 27.3 Å². The van der Waals surface area contributed by atoms with Crippen LogP contribution in [0.3, 0.4) is 0 Å². The highest BCUT2D eigenvalue weighted by atomic mass is 79.9. The van der Waals surface area contributed by atoms with Crippen LogP contribution in [0.1, 0.15) is 18.1 Å². The summed E-state index contributed by atoms with van der Waals surface area (Å²) >= 11 is 4.74. The SMILES string of the molecule is CCNC(Cc1ccsc1)Cc1c(F)ccc(Br)c1F. The third kappa shape index (κ3) is 3.87. The molecule has 2 rings (SSSR count). The predicted octanol–water partition coefficient (Wildman–Crippen LogP) is 4.55. The highest BCUT2D eigenvalue weighted by Gasteiger charge is 2.17. The Kier molecular flexibility index (Phi) is 5.69. The minimum Gasteiger partial charge on any atom is -0.314 e. The fourth-order valence-corrected chi connectivity index (χ4v) is 3.25. The van der Waals surface area contributed by atoms with Gasteiger partial charge in [0.1, 0.15) is 11.6 Å². The van der Waals surface area contributed by atoms with E-state index >= 15 is 0 Å². The van der Waals surface area contributed by atoms with Gasteiger partial charge in [-0.1, -0.05) is 6.92 Å². The third-order valence-corrected chi connectivity index (χ3v) is 4.49. The van der Waals surface area contributed by atoms with Gasteiger partial charge in [-0.2, -0.15) is 11.3 Å². The summed E-state index contributed by atoms with van der Waals surface area (Å²) in [4.78, 5) is 0. The Morgan fingerprint density at radius 1 is 1.25 bits per heavy atom. The number of benzene rings is 1. The molecule has 0 aliphatic heterocycles. The molecule has 1 atom stereocenters. The zero-order valence-corrected chi connectivity index (χ0v) is 13.5. The molecule has 2 aromatic rings. The Balaban J connectivity index is 2.17. The largest absolute Gasteiger partial charge is 0.314 e. The van der Waals surface area contributed by atoms with Gasteiger partial charge in [0, 0.05) is 11.6 Å². The third-order valence-electron chi connectivity index (χ3n) is 3.14. The molecule has 0 aliphatic rings. The van der Waals surface area contributed by atoms with Crippen molar-refractivity contribution in [3.05, 3.63) is 56.2 Å². The minimum absolute atomic E-state index is 0.0212. The van der Waals surface area contributed by atoms with Crippen molar-refractivity contribution in [2.75, 3.05) is 6.54 Å². The fourth-order valence-electron chi connectivity index (χ4n) is 2.20. The van der Waals surface area contributed by atoms with Crippen LogP contribution in [0.15, 0.2) is 33.4 Å². The van der Waals surface area contributed by atoms with Gasteiger partial charge in [-0.3, -0.25) is 0 Å². The molecule has 0 fully saturated rings. The Bertz CT molecular complexity index is 557. The number of likely N-dealkylation sites (N-methyl/N-ethyl adjacent to an activating group) is 1. The van der Waals surface area contributed by atoms with E-state index in [1.165, 1.54) is 17.7 Å². The average molecular weight is 360 g/mol. The molecule has 0 aliphatic carbocycles. The van der Waals surface area contributed by atoms with E-state index in [0.717, 1.165) is 13.0 Å². The van der Waals surface area contributed by atoms with Gasteiger partial charge in [-0.15, -0.1) is 0 Å². The van der Waals surface area contributed by atoms with E-state index < -0.39 is 11.6 Å². The lowest BCUT2D eigenvalue weighted by atomic mass is 9.99. The smallest absolute Gasteiger partial charge is 0.143 e. The quantitative estimate of drug-likeness (QED) is 0.745. The van der Waals surface area contributed by atoms with Crippen molar-refractivity contribution >= 4 is 27.3 Å². The first-order valence-electron chi connectivity index (χ1n) is 6.48. The number of hydrogen-bond acceptors (Lipinski definition) is 2. The fraction of sp³-hybridized carbons (Fsp3) is 0.333. The maximum atomic E-state index is 14.0. The molecule has 0 saturated carbocycles. The zero-order valence-electron chi connectivity index (χ0n) is 11.1. The van der Waals surface area contributed by atoms with Crippen LogP contribution in [-0.4, -0.2) is 12.6 Å². The van der Waals surface area contributed by atoms with Gasteiger partial charge in [0.15, 0.2) is 0 Å². The second-order valence-corrected chi connectivity index (χ2v) is 6.25. The molecular weight excluding hydrogens is 344 g/mol. The standard InChI is InChI=1S/C15H16BrF2NS/c1-2-19-11(7-10-5-6-20-9-10)8-12-14(17)4-3-13(16)15(12)18/h3-6,9,11,19H,2,7-8H2,1H3. The van der Waals surface area contributed by atoms with Gasteiger partial charge in [-0.25, -0.2) is 8.78 Å². The van der Waals surface area contributed by atoms with Crippen LogP contribution in [-0.2, 0) is 12.8 Å². The van der Waals surface area contributed by atoms with E-state index in [9.17, 15) is 8.78 Å². The van der Waals surface area contributed by atoms with Crippen molar-refractivity contribution < 1.29 is 8.78 Å². The first-order chi connectivity index (χ1) is 9.61. The summed E-state index contributed by atoms with van der Waals surface area (Å²) in [6.45, 7) is 2.76. The number of nitrogens with one attached hydrogen (secondary N) is 1. The van der Waals surface area contributed by atoms with E-state index in [1.54, 1.807) is 11.3 Å². The second-order valence-electron chi connectivity index (χ2n) is 4.62. The maximum absolute atomic E-state index is 14.0. The second kappa shape index (κ2) is 7.29. The lowest BCUT2D eigenvalue weighted by molar-refractivity contribution is 0.483. The number of hydrogen-bond donors (Lipinski definition) is 1. The van der Waals surface area contributed by atoms with E-state index in [-0.39, 0.29) is 11.6 Å². The molecule has 0 radical (unpaired) electrons. The van der Waals surface area contributed by atoms with Gasteiger partial charge >= 0.3 is 0 Å². The summed E-state index contributed by atoms with van der Waals surface area (Å²) in [6.07, 6.45) is 1.10. The van der Waals surface area contributed by atoms with Crippen molar-refractivity contribution in [1.82, 2.24) is 5.32 Å². The maximum Gasteiger partial charge on any atom is 0.143 e.